The standard InChI is InChI=1S/C13H17Br2NO/c1-2-13(9-14,10-15)16-12(17)8-11-6-4-3-5-7-11/h3-7H,2,8-10H2,1H3,(H,16,17). The first kappa shape index (κ1) is 14.7. The largest absolute Gasteiger partial charge is 0.349 e. The number of rotatable bonds is 6. The Morgan fingerprint density at radius 3 is 2.29 bits per heavy atom. The van der Waals surface area contributed by atoms with Crippen LogP contribution in [0.3, 0.4) is 0 Å². The molecule has 4 heteroatoms. The molecule has 94 valence electrons. The van der Waals surface area contributed by atoms with E-state index in [-0.39, 0.29) is 11.4 Å². The maximum absolute atomic E-state index is 12.0. The molecule has 1 aromatic carbocycles. The predicted molar refractivity (Wildman–Crippen MR) is 78.9 cm³/mol. The smallest absolute Gasteiger partial charge is 0.224 e. The van der Waals surface area contributed by atoms with Gasteiger partial charge in [0.25, 0.3) is 0 Å². The van der Waals surface area contributed by atoms with E-state index < -0.39 is 0 Å². The van der Waals surface area contributed by atoms with E-state index >= 15 is 0 Å². The molecule has 0 heterocycles. The molecule has 1 aromatic rings. The minimum atomic E-state index is -0.189. The second-order valence-electron chi connectivity index (χ2n) is 4.11. The molecule has 0 atom stereocenters. The zero-order valence-corrected chi connectivity index (χ0v) is 13.1. The lowest BCUT2D eigenvalue weighted by atomic mass is 10.0. The third-order valence-electron chi connectivity index (χ3n) is 2.80. The summed E-state index contributed by atoms with van der Waals surface area (Å²) in [5.74, 6) is 0.0666. The highest BCUT2D eigenvalue weighted by atomic mass is 79.9. The fraction of sp³-hybridized carbons (Fsp3) is 0.462. The van der Waals surface area contributed by atoms with Gasteiger partial charge in [-0.25, -0.2) is 0 Å². The molecule has 1 N–H and O–H groups in total. The molecule has 2 nitrogen and oxygen atoms in total. The van der Waals surface area contributed by atoms with Crippen molar-refractivity contribution in [3.8, 4) is 0 Å². The van der Waals surface area contributed by atoms with Gasteiger partial charge < -0.3 is 5.32 Å². The first-order chi connectivity index (χ1) is 8.15. The zero-order chi connectivity index (χ0) is 12.7. The van der Waals surface area contributed by atoms with Crippen molar-refractivity contribution in [3.05, 3.63) is 35.9 Å². The van der Waals surface area contributed by atoms with Gasteiger partial charge in [0.1, 0.15) is 0 Å². The van der Waals surface area contributed by atoms with Gasteiger partial charge in [-0.3, -0.25) is 4.79 Å². The van der Waals surface area contributed by atoms with E-state index in [1.165, 1.54) is 0 Å². The van der Waals surface area contributed by atoms with Gasteiger partial charge in [-0.05, 0) is 12.0 Å². The summed E-state index contributed by atoms with van der Waals surface area (Å²) in [5.41, 5.74) is 0.852. The van der Waals surface area contributed by atoms with Crippen LogP contribution in [0.1, 0.15) is 18.9 Å². The van der Waals surface area contributed by atoms with Crippen molar-refractivity contribution in [1.29, 1.82) is 0 Å². The van der Waals surface area contributed by atoms with Crippen LogP contribution in [0.5, 0.6) is 0 Å². The molecular weight excluding hydrogens is 346 g/mol. The minimum Gasteiger partial charge on any atom is -0.349 e. The average Bonchev–Trinajstić information content (AvgIpc) is 2.37. The van der Waals surface area contributed by atoms with Crippen LogP contribution in [-0.2, 0) is 11.2 Å². The third kappa shape index (κ3) is 4.43. The van der Waals surface area contributed by atoms with Gasteiger partial charge in [0.2, 0.25) is 5.91 Å². The van der Waals surface area contributed by atoms with Crippen LogP contribution in [0.4, 0.5) is 0 Å². The van der Waals surface area contributed by atoms with E-state index in [1.807, 2.05) is 30.3 Å². The predicted octanol–water partition coefficient (Wildman–Crippen LogP) is 3.28. The Balaban J connectivity index is 2.60. The third-order valence-corrected chi connectivity index (χ3v) is 4.95. The number of carbonyl (C=O) groups is 1. The maximum Gasteiger partial charge on any atom is 0.224 e. The molecule has 0 saturated carbocycles. The first-order valence-electron chi connectivity index (χ1n) is 5.62. The van der Waals surface area contributed by atoms with Crippen molar-refractivity contribution in [2.45, 2.75) is 25.3 Å². The van der Waals surface area contributed by atoms with Crippen LogP contribution >= 0.6 is 31.9 Å². The fourth-order valence-corrected chi connectivity index (χ4v) is 3.50. The second kappa shape index (κ2) is 7.17. The molecule has 17 heavy (non-hydrogen) atoms. The van der Waals surface area contributed by atoms with Crippen molar-refractivity contribution in [1.82, 2.24) is 5.32 Å². The van der Waals surface area contributed by atoms with E-state index in [2.05, 4.69) is 44.1 Å². The highest BCUT2D eigenvalue weighted by Crippen LogP contribution is 2.17. The number of benzene rings is 1. The minimum absolute atomic E-state index is 0.0666. The number of hydrogen-bond donors (Lipinski definition) is 1. The summed E-state index contributed by atoms with van der Waals surface area (Å²) < 4.78 is 0. The van der Waals surface area contributed by atoms with Crippen LogP contribution < -0.4 is 5.32 Å². The van der Waals surface area contributed by atoms with Crippen molar-refractivity contribution in [2.75, 3.05) is 10.7 Å². The van der Waals surface area contributed by atoms with Crippen LogP contribution in [0.2, 0.25) is 0 Å². The Hall–Kier alpha value is -0.350. The van der Waals surface area contributed by atoms with Crippen LogP contribution in [0, 0.1) is 0 Å². The number of amides is 1. The topological polar surface area (TPSA) is 29.1 Å². The summed E-state index contributed by atoms with van der Waals surface area (Å²) in [6, 6.07) is 9.79. The highest BCUT2D eigenvalue weighted by Gasteiger charge is 2.27. The Morgan fingerprint density at radius 1 is 1.24 bits per heavy atom. The Morgan fingerprint density at radius 2 is 1.82 bits per heavy atom. The number of hydrogen-bond acceptors (Lipinski definition) is 1. The Labute approximate surface area is 119 Å². The van der Waals surface area contributed by atoms with Gasteiger partial charge in [-0.1, -0.05) is 69.1 Å². The molecule has 1 amide bonds. The van der Waals surface area contributed by atoms with Gasteiger partial charge in [0.15, 0.2) is 0 Å². The van der Waals surface area contributed by atoms with Crippen molar-refractivity contribution >= 4 is 37.8 Å². The molecule has 0 fully saturated rings. The van der Waals surface area contributed by atoms with E-state index in [0.29, 0.717) is 6.42 Å². The van der Waals surface area contributed by atoms with Gasteiger partial charge in [-0.2, -0.15) is 0 Å². The quantitative estimate of drug-likeness (QED) is 0.773. The molecule has 0 aliphatic rings. The highest BCUT2D eigenvalue weighted by molar-refractivity contribution is 9.09. The molecule has 0 saturated heterocycles. The summed E-state index contributed by atoms with van der Waals surface area (Å²) in [5, 5.41) is 4.60. The van der Waals surface area contributed by atoms with Gasteiger partial charge >= 0.3 is 0 Å². The normalized spacial score (nSPS) is 11.2. The maximum atomic E-state index is 12.0. The summed E-state index contributed by atoms with van der Waals surface area (Å²) in [7, 11) is 0. The van der Waals surface area contributed by atoms with E-state index in [4.69, 9.17) is 0 Å². The molecule has 0 aliphatic carbocycles. The van der Waals surface area contributed by atoms with Crippen molar-refractivity contribution in [3.63, 3.8) is 0 Å². The van der Waals surface area contributed by atoms with Crippen LogP contribution in [0.25, 0.3) is 0 Å². The van der Waals surface area contributed by atoms with Gasteiger partial charge in [0, 0.05) is 10.7 Å². The summed E-state index contributed by atoms with van der Waals surface area (Å²) in [6.45, 7) is 2.07. The first-order valence-corrected chi connectivity index (χ1v) is 7.87. The van der Waals surface area contributed by atoms with Crippen LogP contribution in [0.15, 0.2) is 30.3 Å². The molecular formula is C13H17Br2NO. The Bertz CT molecular complexity index is 341. The van der Waals surface area contributed by atoms with E-state index in [0.717, 1.165) is 22.6 Å². The lowest BCUT2D eigenvalue weighted by Gasteiger charge is -2.30. The molecule has 0 unspecified atom stereocenters. The molecule has 0 aliphatic heterocycles. The van der Waals surface area contributed by atoms with Crippen LogP contribution in [-0.4, -0.2) is 22.1 Å². The zero-order valence-electron chi connectivity index (χ0n) is 9.88. The summed E-state index contributed by atoms with van der Waals surface area (Å²) in [6.07, 6.45) is 1.33. The molecule has 0 aromatic heterocycles. The number of alkyl halides is 2. The molecule has 0 radical (unpaired) electrons. The molecule has 0 spiro atoms. The van der Waals surface area contributed by atoms with Crippen molar-refractivity contribution < 1.29 is 4.79 Å². The Kier molecular flexibility index (Phi) is 6.20. The van der Waals surface area contributed by atoms with E-state index in [1.54, 1.807) is 0 Å². The summed E-state index contributed by atoms with van der Waals surface area (Å²) >= 11 is 6.93. The van der Waals surface area contributed by atoms with Gasteiger partial charge in [0.05, 0.1) is 12.0 Å². The lowest BCUT2D eigenvalue weighted by Crippen LogP contribution is -2.51. The SMILES string of the molecule is CCC(CBr)(CBr)NC(=O)Cc1ccccc1. The molecule has 0 bridgehead atoms. The number of carbonyl (C=O) groups excluding carboxylic acids is 1. The lowest BCUT2D eigenvalue weighted by molar-refractivity contribution is -0.121. The fourth-order valence-electron chi connectivity index (χ4n) is 1.50. The van der Waals surface area contributed by atoms with E-state index in [9.17, 15) is 4.79 Å². The average molecular weight is 363 g/mol. The summed E-state index contributed by atoms with van der Waals surface area (Å²) in [4.78, 5) is 12.0. The molecule has 1 rings (SSSR count). The second-order valence-corrected chi connectivity index (χ2v) is 5.23. The van der Waals surface area contributed by atoms with Gasteiger partial charge in [-0.15, -0.1) is 0 Å². The number of halogens is 2. The number of nitrogens with one attached hydrogen (secondary N) is 1. The monoisotopic (exact) mass is 361 g/mol. The van der Waals surface area contributed by atoms with Crippen molar-refractivity contribution in [2.24, 2.45) is 0 Å².